The van der Waals surface area contributed by atoms with Gasteiger partial charge in [-0.05, 0) is 16.7 Å². The first-order valence-electron chi connectivity index (χ1n) is 9.41. The van der Waals surface area contributed by atoms with Gasteiger partial charge in [0.25, 0.3) is 0 Å². The van der Waals surface area contributed by atoms with Gasteiger partial charge in [0.15, 0.2) is 6.29 Å². The van der Waals surface area contributed by atoms with E-state index in [0.717, 1.165) is 11.1 Å². The molecule has 0 saturated carbocycles. The predicted octanol–water partition coefficient (Wildman–Crippen LogP) is 3.20. The van der Waals surface area contributed by atoms with Crippen molar-refractivity contribution in [2.24, 2.45) is 5.11 Å². The van der Waals surface area contributed by atoms with Crippen molar-refractivity contribution >= 4 is 0 Å². The summed E-state index contributed by atoms with van der Waals surface area (Å²) in [5.41, 5.74) is 10.7. The molecule has 0 aliphatic carbocycles. The molecule has 0 unspecified atom stereocenters. The molecule has 0 bridgehead atoms. The molecule has 2 aromatic carbocycles. The van der Waals surface area contributed by atoms with Crippen LogP contribution in [0.25, 0.3) is 10.4 Å². The zero-order valence-corrected chi connectivity index (χ0v) is 16.2. The molecule has 29 heavy (non-hydrogen) atoms. The summed E-state index contributed by atoms with van der Waals surface area (Å²) < 4.78 is 23.1. The number of ether oxygens (including phenoxy) is 4. The molecular weight excluding hydrogens is 374 g/mol. The molecule has 1 saturated heterocycles. The number of azide groups is 1. The second-order valence-corrected chi connectivity index (χ2v) is 6.71. The number of aliphatic hydroxyl groups excluding tert-OH is 1. The van der Waals surface area contributed by atoms with Gasteiger partial charge in [0.2, 0.25) is 0 Å². The Hall–Kier alpha value is -2.45. The van der Waals surface area contributed by atoms with E-state index in [9.17, 15) is 5.11 Å². The van der Waals surface area contributed by atoms with E-state index in [0.29, 0.717) is 13.2 Å². The summed E-state index contributed by atoms with van der Waals surface area (Å²) in [6.45, 7) is 0.652. The highest BCUT2D eigenvalue weighted by atomic mass is 16.7. The molecule has 2 aromatic rings. The van der Waals surface area contributed by atoms with Crippen LogP contribution in [0.15, 0.2) is 65.8 Å². The normalized spacial score (nSPS) is 24.8. The standard InChI is InChI=1S/C21H25N3O5/c1-26-21-18(25)20(28-14-16-10-6-3-7-11-16)19(29-21)17(12-23-24-22)27-13-15-8-4-2-5-9-15/h2-11,17-21,25H,12-14H2,1H3/t17-,18+,19+,20+,21-/m0/s1. The van der Waals surface area contributed by atoms with E-state index in [2.05, 4.69) is 10.0 Å². The summed E-state index contributed by atoms with van der Waals surface area (Å²) in [6, 6.07) is 19.3. The molecule has 3 rings (SSSR count). The fourth-order valence-electron chi connectivity index (χ4n) is 3.26. The number of methoxy groups -OCH3 is 1. The van der Waals surface area contributed by atoms with Crippen LogP contribution in [0, 0.1) is 0 Å². The number of nitrogens with zero attached hydrogens (tertiary/aromatic N) is 3. The first-order chi connectivity index (χ1) is 14.2. The van der Waals surface area contributed by atoms with Crippen molar-refractivity contribution in [1.82, 2.24) is 0 Å². The topological polar surface area (TPSA) is 106 Å². The summed E-state index contributed by atoms with van der Waals surface area (Å²) in [7, 11) is 1.46. The van der Waals surface area contributed by atoms with Crippen LogP contribution < -0.4 is 0 Å². The van der Waals surface area contributed by atoms with Crippen molar-refractivity contribution in [3.8, 4) is 0 Å². The van der Waals surface area contributed by atoms with Gasteiger partial charge in [-0.15, -0.1) is 0 Å². The molecule has 1 heterocycles. The van der Waals surface area contributed by atoms with Gasteiger partial charge in [-0.2, -0.15) is 0 Å². The van der Waals surface area contributed by atoms with Crippen LogP contribution in [0.3, 0.4) is 0 Å². The lowest BCUT2D eigenvalue weighted by Crippen LogP contribution is -2.43. The Bertz CT molecular complexity index is 785. The smallest absolute Gasteiger partial charge is 0.186 e. The van der Waals surface area contributed by atoms with E-state index in [-0.39, 0.29) is 6.54 Å². The second-order valence-electron chi connectivity index (χ2n) is 6.71. The van der Waals surface area contributed by atoms with Crippen molar-refractivity contribution in [2.75, 3.05) is 13.7 Å². The largest absolute Gasteiger partial charge is 0.385 e. The third-order valence-electron chi connectivity index (χ3n) is 4.75. The Labute approximate surface area is 169 Å². The van der Waals surface area contributed by atoms with Gasteiger partial charge in [0, 0.05) is 12.0 Å². The average Bonchev–Trinajstić information content (AvgIpc) is 3.09. The highest BCUT2D eigenvalue weighted by Crippen LogP contribution is 2.29. The molecule has 0 aromatic heterocycles. The monoisotopic (exact) mass is 399 g/mol. The summed E-state index contributed by atoms with van der Waals surface area (Å²) in [6.07, 6.45) is -3.82. The molecule has 8 nitrogen and oxygen atoms in total. The molecular formula is C21H25N3O5. The second kappa shape index (κ2) is 10.9. The quantitative estimate of drug-likeness (QED) is 0.375. The van der Waals surface area contributed by atoms with Crippen LogP contribution in [-0.2, 0) is 32.2 Å². The van der Waals surface area contributed by atoms with Crippen molar-refractivity contribution in [3.05, 3.63) is 82.2 Å². The van der Waals surface area contributed by atoms with Crippen molar-refractivity contribution < 1.29 is 24.1 Å². The zero-order valence-electron chi connectivity index (χ0n) is 16.2. The minimum Gasteiger partial charge on any atom is -0.385 e. The van der Waals surface area contributed by atoms with Crippen LogP contribution in [0.2, 0.25) is 0 Å². The maximum absolute atomic E-state index is 10.6. The number of aliphatic hydroxyl groups is 1. The zero-order chi connectivity index (χ0) is 20.5. The van der Waals surface area contributed by atoms with Gasteiger partial charge in [-0.25, -0.2) is 0 Å². The molecule has 1 N–H and O–H groups in total. The van der Waals surface area contributed by atoms with Gasteiger partial charge in [0.1, 0.15) is 18.3 Å². The van der Waals surface area contributed by atoms with Gasteiger partial charge in [0.05, 0.1) is 25.9 Å². The van der Waals surface area contributed by atoms with Crippen molar-refractivity contribution in [1.29, 1.82) is 0 Å². The minimum absolute atomic E-state index is 0.0440. The SMILES string of the molecule is CO[C@H]1O[C@H]([C@H](CN=[N+]=[N-])OCc2ccccc2)[C@H](OCc2ccccc2)[C@H]1O. The van der Waals surface area contributed by atoms with Gasteiger partial charge in [-0.1, -0.05) is 65.8 Å². The molecule has 1 aliphatic heterocycles. The lowest BCUT2D eigenvalue weighted by Gasteiger charge is -2.27. The Morgan fingerprint density at radius 2 is 1.69 bits per heavy atom. The summed E-state index contributed by atoms with van der Waals surface area (Å²) in [4.78, 5) is 2.83. The van der Waals surface area contributed by atoms with Gasteiger partial charge in [-0.3, -0.25) is 0 Å². The Morgan fingerprint density at radius 3 is 2.28 bits per heavy atom. The Balaban J connectivity index is 1.73. The highest BCUT2D eigenvalue weighted by Gasteiger charge is 2.48. The molecule has 1 aliphatic rings. The van der Waals surface area contributed by atoms with Crippen molar-refractivity contribution in [2.45, 2.75) is 43.9 Å². The average molecular weight is 399 g/mol. The van der Waals surface area contributed by atoms with Crippen LogP contribution in [0.1, 0.15) is 11.1 Å². The third-order valence-corrected chi connectivity index (χ3v) is 4.75. The number of benzene rings is 2. The van der Waals surface area contributed by atoms with E-state index in [1.165, 1.54) is 7.11 Å². The molecule has 154 valence electrons. The van der Waals surface area contributed by atoms with Crippen LogP contribution in [0.5, 0.6) is 0 Å². The van der Waals surface area contributed by atoms with Gasteiger partial charge >= 0.3 is 0 Å². The summed E-state index contributed by atoms with van der Waals surface area (Å²) >= 11 is 0. The summed E-state index contributed by atoms with van der Waals surface area (Å²) in [5, 5.41) is 14.3. The predicted molar refractivity (Wildman–Crippen MR) is 106 cm³/mol. The maximum atomic E-state index is 10.6. The fourth-order valence-corrected chi connectivity index (χ4v) is 3.26. The number of rotatable bonds is 10. The molecule has 8 heteroatoms. The summed E-state index contributed by atoms with van der Waals surface area (Å²) in [5.74, 6) is 0. The van der Waals surface area contributed by atoms with E-state index < -0.39 is 30.7 Å². The number of hydrogen-bond donors (Lipinski definition) is 1. The van der Waals surface area contributed by atoms with Crippen LogP contribution in [0.4, 0.5) is 0 Å². The molecule has 1 fully saturated rings. The van der Waals surface area contributed by atoms with E-state index in [1.807, 2.05) is 60.7 Å². The van der Waals surface area contributed by atoms with Crippen LogP contribution in [-0.4, -0.2) is 49.5 Å². The highest BCUT2D eigenvalue weighted by molar-refractivity contribution is 5.14. The Morgan fingerprint density at radius 1 is 1.07 bits per heavy atom. The van der Waals surface area contributed by atoms with E-state index >= 15 is 0 Å². The van der Waals surface area contributed by atoms with E-state index in [1.54, 1.807) is 0 Å². The molecule has 0 spiro atoms. The van der Waals surface area contributed by atoms with Crippen molar-refractivity contribution in [3.63, 3.8) is 0 Å². The number of hydrogen-bond acceptors (Lipinski definition) is 6. The lowest BCUT2D eigenvalue weighted by atomic mass is 10.0. The maximum Gasteiger partial charge on any atom is 0.186 e. The minimum atomic E-state index is -0.998. The third kappa shape index (κ3) is 5.77. The fraction of sp³-hybridized carbons (Fsp3) is 0.429. The van der Waals surface area contributed by atoms with E-state index in [4.69, 9.17) is 24.5 Å². The lowest BCUT2D eigenvalue weighted by molar-refractivity contribution is -0.170. The van der Waals surface area contributed by atoms with Crippen LogP contribution >= 0.6 is 0 Å². The molecule has 0 amide bonds. The first-order valence-corrected chi connectivity index (χ1v) is 9.41. The van der Waals surface area contributed by atoms with Gasteiger partial charge < -0.3 is 24.1 Å². The first kappa shape index (κ1) is 21.3. The Kier molecular flexibility index (Phi) is 8.01. The molecule has 5 atom stereocenters. The molecule has 0 radical (unpaired) electrons.